The molecule has 1 aromatic heterocycles. The number of hydrogen-bond donors (Lipinski definition) is 2. The van der Waals surface area contributed by atoms with Crippen LogP contribution in [-0.4, -0.2) is 42.6 Å². The Hall–Kier alpha value is -1.62. The normalized spacial score (nSPS) is 25.7. The molecule has 0 spiro atoms. The largest absolute Gasteiger partial charge is 0.357 e. The summed E-state index contributed by atoms with van der Waals surface area (Å²) in [6, 6.07) is 4.44. The molecule has 1 aromatic rings. The van der Waals surface area contributed by atoms with Crippen molar-refractivity contribution in [3.8, 4) is 0 Å². The molecule has 0 bridgehead atoms. The van der Waals surface area contributed by atoms with Crippen LogP contribution in [0.4, 0.5) is 5.82 Å². The fraction of sp³-hybridized carbons (Fsp3) is 0.667. The molecule has 3 heterocycles. The number of nitrogens with one attached hydrogen (secondary N) is 2. The minimum atomic E-state index is -0.0135. The molecule has 2 aliphatic heterocycles. The Morgan fingerprint density at radius 2 is 2.00 bits per heavy atom. The van der Waals surface area contributed by atoms with Crippen LogP contribution in [0.1, 0.15) is 55.8 Å². The molecule has 3 rings (SSSR count). The first kappa shape index (κ1) is 16.2. The maximum atomic E-state index is 12.4. The van der Waals surface area contributed by atoms with Crippen LogP contribution in [0.25, 0.3) is 0 Å². The molecular weight excluding hydrogens is 288 g/mol. The standard InChI is InChI=1S/C18H28N4O/c1-14-16(7-6-10-19-14)21-18(23)15-8-9-17(20-13-15)22-11-4-2-3-5-12-22/h8-9,13-14,16,19H,2-7,10-12H2,1H3,(H,21,23). The van der Waals surface area contributed by atoms with Gasteiger partial charge in [0.2, 0.25) is 0 Å². The summed E-state index contributed by atoms with van der Waals surface area (Å²) in [5.74, 6) is 0.983. The first-order valence-corrected chi connectivity index (χ1v) is 8.99. The predicted molar refractivity (Wildman–Crippen MR) is 92.9 cm³/mol. The number of rotatable bonds is 3. The molecule has 2 aliphatic rings. The van der Waals surface area contributed by atoms with Crippen LogP contribution < -0.4 is 15.5 Å². The minimum Gasteiger partial charge on any atom is -0.357 e. The number of anilines is 1. The maximum Gasteiger partial charge on any atom is 0.253 e. The van der Waals surface area contributed by atoms with Gasteiger partial charge in [-0.15, -0.1) is 0 Å². The Kier molecular flexibility index (Phi) is 5.49. The van der Waals surface area contributed by atoms with Crippen LogP contribution in [0.2, 0.25) is 0 Å². The van der Waals surface area contributed by atoms with Crippen LogP contribution in [0.15, 0.2) is 18.3 Å². The zero-order chi connectivity index (χ0) is 16.1. The number of nitrogens with zero attached hydrogens (tertiary/aromatic N) is 2. The fourth-order valence-corrected chi connectivity index (χ4v) is 3.50. The molecule has 5 nitrogen and oxygen atoms in total. The van der Waals surface area contributed by atoms with Gasteiger partial charge in [0, 0.05) is 31.4 Å². The van der Waals surface area contributed by atoms with Crippen molar-refractivity contribution in [1.82, 2.24) is 15.6 Å². The smallest absolute Gasteiger partial charge is 0.253 e. The van der Waals surface area contributed by atoms with Gasteiger partial charge in [-0.1, -0.05) is 12.8 Å². The second-order valence-electron chi connectivity index (χ2n) is 6.77. The van der Waals surface area contributed by atoms with Gasteiger partial charge in [0.05, 0.1) is 5.56 Å². The summed E-state index contributed by atoms with van der Waals surface area (Å²) in [4.78, 5) is 19.3. The molecule has 0 radical (unpaired) electrons. The molecule has 2 N–H and O–H groups in total. The topological polar surface area (TPSA) is 57.3 Å². The van der Waals surface area contributed by atoms with E-state index in [4.69, 9.17) is 0 Å². The highest BCUT2D eigenvalue weighted by Gasteiger charge is 2.23. The molecule has 2 atom stereocenters. The zero-order valence-electron chi connectivity index (χ0n) is 14.1. The highest BCUT2D eigenvalue weighted by atomic mass is 16.1. The molecule has 2 unspecified atom stereocenters. The van der Waals surface area contributed by atoms with E-state index in [2.05, 4.69) is 27.4 Å². The number of aromatic nitrogens is 1. The molecule has 0 saturated carbocycles. The van der Waals surface area contributed by atoms with Crippen LogP contribution in [0.3, 0.4) is 0 Å². The van der Waals surface area contributed by atoms with Gasteiger partial charge in [-0.3, -0.25) is 4.79 Å². The van der Waals surface area contributed by atoms with Gasteiger partial charge >= 0.3 is 0 Å². The molecule has 2 saturated heterocycles. The van der Waals surface area contributed by atoms with E-state index in [1.165, 1.54) is 25.7 Å². The lowest BCUT2D eigenvalue weighted by Crippen LogP contribution is -2.51. The van der Waals surface area contributed by atoms with Crippen molar-refractivity contribution in [2.45, 2.75) is 57.5 Å². The summed E-state index contributed by atoms with van der Waals surface area (Å²) in [5.41, 5.74) is 0.654. The summed E-state index contributed by atoms with van der Waals surface area (Å²) in [6.07, 6.45) is 8.96. The first-order valence-electron chi connectivity index (χ1n) is 8.99. The van der Waals surface area contributed by atoms with Crippen molar-refractivity contribution >= 4 is 11.7 Å². The third kappa shape index (κ3) is 4.22. The number of carbonyl (C=O) groups excluding carboxylic acids is 1. The van der Waals surface area contributed by atoms with Crippen molar-refractivity contribution in [2.75, 3.05) is 24.5 Å². The fourth-order valence-electron chi connectivity index (χ4n) is 3.50. The Morgan fingerprint density at radius 3 is 2.65 bits per heavy atom. The first-order chi connectivity index (χ1) is 11.2. The zero-order valence-corrected chi connectivity index (χ0v) is 14.1. The highest BCUT2D eigenvalue weighted by molar-refractivity contribution is 5.94. The lowest BCUT2D eigenvalue weighted by atomic mass is 9.99. The lowest BCUT2D eigenvalue weighted by molar-refractivity contribution is 0.0919. The average molecular weight is 316 g/mol. The molecule has 23 heavy (non-hydrogen) atoms. The van der Waals surface area contributed by atoms with Gasteiger partial charge in [0.1, 0.15) is 5.82 Å². The molecule has 0 aromatic carbocycles. The average Bonchev–Trinajstić information content (AvgIpc) is 2.86. The summed E-state index contributed by atoms with van der Waals surface area (Å²) in [5, 5.41) is 6.55. The van der Waals surface area contributed by atoms with Crippen molar-refractivity contribution < 1.29 is 4.79 Å². The van der Waals surface area contributed by atoms with E-state index in [1.54, 1.807) is 6.20 Å². The van der Waals surface area contributed by atoms with Crippen molar-refractivity contribution in [2.24, 2.45) is 0 Å². The summed E-state index contributed by atoms with van der Waals surface area (Å²) in [6.45, 7) is 5.32. The van der Waals surface area contributed by atoms with Gasteiger partial charge in [-0.25, -0.2) is 4.98 Å². The van der Waals surface area contributed by atoms with Crippen LogP contribution in [0.5, 0.6) is 0 Å². The van der Waals surface area contributed by atoms with E-state index in [9.17, 15) is 4.79 Å². The van der Waals surface area contributed by atoms with Crippen molar-refractivity contribution in [1.29, 1.82) is 0 Å². The Bertz CT molecular complexity index is 508. The third-order valence-electron chi connectivity index (χ3n) is 5.02. The van der Waals surface area contributed by atoms with Gasteiger partial charge in [-0.2, -0.15) is 0 Å². The Labute approximate surface area is 138 Å². The van der Waals surface area contributed by atoms with Crippen molar-refractivity contribution in [3.05, 3.63) is 23.9 Å². The second-order valence-corrected chi connectivity index (χ2v) is 6.77. The lowest BCUT2D eigenvalue weighted by Gasteiger charge is -2.30. The van der Waals surface area contributed by atoms with E-state index in [-0.39, 0.29) is 11.9 Å². The maximum absolute atomic E-state index is 12.4. The van der Waals surface area contributed by atoms with E-state index < -0.39 is 0 Å². The number of carbonyl (C=O) groups is 1. The number of pyridine rings is 1. The molecular formula is C18H28N4O. The van der Waals surface area contributed by atoms with Gasteiger partial charge in [-0.05, 0) is 51.3 Å². The van der Waals surface area contributed by atoms with Crippen LogP contribution in [-0.2, 0) is 0 Å². The van der Waals surface area contributed by atoms with Gasteiger partial charge < -0.3 is 15.5 Å². The minimum absolute atomic E-state index is 0.0135. The number of hydrogen-bond acceptors (Lipinski definition) is 4. The molecule has 2 fully saturated rings. The molecule has 126 valence electrons. The van der Waals surface area contributed by atoms with Gasteiger partial charge in [0.25, 0.3) is 5.91 Å². The molecule has 0 aliphatic carbocycles. The van der Waals surface area contributed by atoms with E-state index in [0.717, 1.165) is 38.3 Å². The Balaban J connectivity index is 1.60. The Morgan fingerprint density at radius 1 is 1.22 bits per heavy atom. The van der Waals surface area contributed by atoms with Crippen LogP contribution >= 0.6 is 0 Å². The second kappa shape index (κ2) is 7.77. The van der Waals surface area contributed by atoms with E-state index >= 15 is 0 Å². The third-order valence-corrected chi connectivity index (χ3v) is 5.02. The molecule has 1 amide bonds. The summed E-state index contributed by atoms with van der Waals surface area (Å²) < 4.78 is 0. The van der Waals surface area contributed by atoms with E-state index in [1.807, 2.05) is 12.1 Å². The predicted octanol–water partition coefficient (Wildman–Crippen LogP) is 2.33. The van der Waals surface area contributed by atoms with E-state index in [0.29, 0.717) is 11.6 Å². The van der Waals surface area contributed by atoms with Crippen LogP contribution in [0, 0.1) is 0 Å². The summed E-state index contributed by atoms with van der Waals surface area (Å²) >= 11 is 0. The van der Waals surface area contributed by atoms with Crippen molar-refractivity contribution in [3.63, 3.8) is 0 Å². The monoisotopic (exact) mass is 316 g/mol. The number of piperidine rings is 1. The number of amides is 1. The quantitative estimate of drug-likeness (QED) is 0.898. The molecule has 5 heteroatoms. The SMILES string of the molecule is CC1NCCCC1NC(=O)c1ccc(N2CCCCCC2)nc1. The summed E-state index contributed by atoms with van der Waals surface area (Å²) in [7, 11) is 0. The highest BCUT2D eigenvalue weighted by Crippen LogP contribution is 2.17. The van der Waals surface area contributed by atoms with Gasteiger partial charge in [0.15, 0.2) is 0 Å².